The molecule has 6 heteroatoms. The zero-order valence-corrected chi connectivity index (χ0v) is 10.1. The molecule has 0 aromatic heterocycles. The van der Waals surface area contributed by atoms with Crippen molar-refractivity contribution in [1.29, 1.82) is 0 Å². The average Bonchev–Trinajstić information content (AvgIpc) is 2.04. The van der Waals surface area contributed by atoms with Gasteiger partial charge in [-0.15, -0.1) is 12.4 Å². The lowest BCUT2D eigenvalue weighted by Gasteiger charge is -2.29. The predicted molar refractivity (Wildman–Crippen MR) is 60.1 cm³/mol. The number of piperidine rings is 1. The molecule has 0 amide bonds. The van der Waals surface area contributed by atoms with Gasteiger partial charge >= 0.3 is 0 Å². The summed E-state index contributed by atoms with van der Waals surface area (Å²) in [6.45, 7) is 2.05. The molecule has 0 bridgehead atoms. The lowest BCUT2D eigenvalue weighted by molar-refractivity contribution is 0.267. The van der Waals surface area contributed by atoms with Gasteiger partial charge in [0.25, 0.3) is 0 Å². The van der Waals surface area contributed by atoms with Crippen LogP contribution in [0.3, 0.4) is 0 Å². The van der Waals surface area contributed by atoms with E-state index in [1.165, 1.54) is 6.26 Å². The van der Waals surface area contributed by atoms with Gasteiger partial charge in [-0.3, -0.25) is 0 Å². The zero-order valence-electron chi connectivity index (χ0n) is 8.48. The number of sulfonamides is 1. The van der Waals surface area contributed by atoms with Gasteiger partial charge in [-0.05, 0) is 31.7 Å². The van der Waals surface area contributed by atoms with Crippen LogP contribution in [-0.2, 0) is 10.0 Å². The van der Waals surface area contributed by atoms with Crippen molar-refractivity contribution in [3.05, 3.63) is 0 Å². The first kappa shape index (κ1) is 14.2. The molecule has 86 valence electrons. The highest BCUT2D eigenvalue weighted by Gasteiger charge is 2.23. The van der Waals surface area contributed by atoms with Crippen molar-refractivity contribution in [2.75, 3.05) is 25.9 Å². The lowest BCUT2D eigenvalue weighted by Crippen LogP contribution is -2.38. The van der Waals surface area contributed by atoms with Crippen molar-refractivity contribution in [3.63, 3.8) is 0 Å². The molecule has 0 aromatic carbocycles. The Labute approximate surface area is 92.3 Å². The fraction of sp³-hybridized carbons (Fsp3) is 1.00. The Kier molecular flexibility index (Phi) is 5.97. The maximum absolute atomic E-state index is 11.2. The number of hydrogen-bond donors (Lipinski definition) is 1. The first-order valence-corrected chi connectivity index (χ1v) is 6.54. The highest BCUT2D eigenvalue weighted by atomic mass is 35.5. The summed E-state index contributed by atoms with van der Waals surface area (Å²) in [5.41, 5.74) is 5.45. The second-order valence-electron chi connectivity index (χ2n) is 3.68. The van der Waals surface area contributed by atoms with E-state index < -0.39 is 10.0 Å². The third kappa shape index (κ3) is 4.13. The Morgan fingerprint density at radius 2 is 1.86 bits per heavy atom. The molecule has 0 saturated carbocycles. The molecule has 0 aromatic rings. The number of nitrogens with two attached hydrogens (primary N) is 1. The van der Waals surface area contributed by atoms with Crippen molar-refractivity contribution in [1.82, 2.24) is 4.31 Å². The smallest absolute Gasteiger partial charge is 0.211 e. The highest BCUT2D eigenvalue weighted by Crippen LogP contribution is 2.21. The largest absolute Gasteiger partial charge is 0.330 e. The van der Waals surface area contributed by atoms with Crippen LogP contribution in [0.15, 0.2) is 0 Å². The molecule has 0 aliphatic carbocycles. The van der Waals surface area contributed by atoms with E-state index in [1.54, 1.807) is 4.31 Å². The van der Waals surface area contributed by atoms with E-state index in [9.17, 15) is 8.42 Å². The molecule has 0 spiro atoms. The summed E-state index contributed by atoms with van der Waals surface area (Å²) in [7, 11) is -2.96. The molecule has 1 saturated heterocycles. The van der Waals surface area contributed by atoms with E-state index in [0.717, 1.165) is 19.3 Å². The van der Waals surface area contributed by atoms with Crippen molar-refractivity contribution >= 4 is 22.4 Å². The van der Waals surface area contributed by atoms with E-state index in [0.29, 0.717) is 25.6 Å². The van der Waals surface area contributed by atoms with Gasteiger partial charge in [-0.1, -0.05) is 0 Å². The Bertz CT molecular complexity index is 248. The van der Waals surface area contributed by atoms with Gasteiger partial charge in [-0.25, -0.2) is 12.7 Å². The van der Waals surface area contributed by atoms with Gasteiger partial charge < -0.3 is 5.73 Å². The maximum Gasteiger partial charge on any atom is 0.211 e. The van der Waals surface area contributed by atoms with Crippen LogP contribution in [-0.4, -0.2) is 38.6 Å². The van der Waals surface area contributed by atoms with Gasteiger partial charge in [-0.2, -0.15) is 0 Å². The average molecular weight is 243 g/mol. The molecule has 1 aliphatic rings. The molecular weight excluding hydrogens is 224 g/mol. The monoisotopic (exact) mass is 242 g/mol. The van der Waals surface area contributed by atoms with Gasteiger partial charge in [0.05, 0.1) is 6.26 Å². The van der Waals surface area contributed by atoms with Crippen LogP contribution in [0.5, 0.6) is 0 Å². The molecule has 4 nitrogen and oxygen atoms in total. The summed E-state index contributed by atoms with van der Waals surface area (Å²) in [5, 5.41) is 0. The molecule has 1 aliphatic heterocycles. The summed E-state index contributed by atoms with van der Waals surface area (Å²) in [5.74, 6) is 0.628. The van der Waals surface area contributed by atoms with E-state index in [4.69, 9.17) is 5.73 Å². The van der Waals surface area contributed by atoms with E-state index in [1.807, 2.05) is 0 Å². The summed E-state index contributed by atoms with van der Waals surface area (Å²) in [6.07, 6.45) is 4.22. The van der Waals surface area contributed by atoms with Crippen molar-refractivity contribution < 1.29 is 8.42 Å². The van der Waals surface area contributed by atoms with Crippen LogP contribution in [0.4, 0.5) is 0 Å². The van der Waals surface area contributed by atoms with Crippen LogP contribution >= 0.6 is 12.4 Å². The minimum Gasteiger partial charge on any atom is -0.330 e. The number of nitrogens with zero attached hydrogens (tertiary/aromatic N) is 1. The number of halogens is 1. The SMILES string of the molecule is CS(=O)(=O)N1CCC(CCN)CC1.Cl. The zero-order chi connectivity index (χ0) is 9.90. The highest BCUT2D eigenvalue weighted by molar-refractivity contribution is 7.88. The molecule has 0 radical (unpaired) electrons. The Morgan fingerprint density at radius 3 is 2.21 bits per heavy atom. The number of rotatable bonds is 3. The van der Waals surface area contributed by atoms with Crippen molar-refractivity contribution in [2.24, 2.45) is 11.7 Å². The summed E-state index contributed by atoms with van der Waals surface area (Å²) in [6, 6.07) is 0. The van der Waals surface area contributed by atoms with Crippen molar-refractivity contribution in [3.8, 4) is 0 Å². The second kappa shape index (κ2) is 5.90. The Morgan fingerprint density at radius 1 is 1.36 bits per heavy atom. The predicted octanol–water partition coefficient (Wildman–Crippen LogP) is 0.429. The van der Waals surface area contributed by atoms with Crippen LogP contribution < -0.4 is 5.73 Å². The molecule has 14 heavy (non-hydrogen) atoms. The summed E-state index contributed by atoms with van der Waals surface area (Å²) >= 11 is 0. The molecule has 1 heterocycles. The van der Waals surface area contributed by atoms with Crippen LogP contribution in [0.2, 0.25) is 0 Å². The van der Waals surface area contributed by atoms with Gasteiger partial charge in [0, 0.05) is 13.1 Å². The van der Waals surface area contributed by atoms with Crippen LogP contribution in [0, 0.1) is 5.92 Å². The fourth-order valence-electron chi connectivity index (χ4n) is 1.77. The first-order chi connectivity index (χ1) is 6.04. The first-order valence-electron chi connectivity index (χ1n) is 4.69. The van der Waals surface area contributed by atoms with Crippen molar-refractivity contribution in [2.45, 2.75) is 19.3 Å². The molecule has 1 fully saturated rings. The summed E-state index contributed by atoms with van der Waals surface area (Å²) < 4.78 is 23.9. The normalized spacial score (nSPS) is 20.4. The summed E-state index contributed by atoms with van der Waals surface area (Å²) in [4.78, 5) is 0. The van der Waals surface area contributed by atoms with Crippen LogP contribution in [0.25, 0.3) is 0 Å². The van der Waals surface area contributed by atoms with E-state index >= 15 is 0 Å². The Hall–Kier alpha value is 0.160. The second-order valence-corrected chi connectivity index (χ2v) is 5.67. The molecule has 0 unspecified atom stereocenters. The minimum atomic E-state index is -2.96. The molecule has 2 N–H and O–H groups in total. The Balaban J connectivity index is 0.00000169. The van der Waals surface area contributed by atoms with E-state index in [-0.39, 0.29) is 12.4 Å². The maximum atomic E-state index is 11.2. The molecular formula is C8H19ClN2O2S. The minimum absolute atomic E-state index is 0. The fourth-order valence-corrected chi connectivity index (χ4v) is 2.64. The van der Waals surface area contributed by atoms with Gasteiger partial charge in [0.15, 0.2) is 0 Å². The van der Waals surface area contributed by atoms with Gasteiger partial charge in [0.1, 0.15) is 0 Å². The quantitative estimate of drug-likeness (QED) is 0.781. The molecule has 0 atom stereocenters. The van der Waals surface area contributed by atoms with Gasteiger partial charge in [0.2, 0.25) is 10.0 Å². The molecule has 1 rings (SSSR count). The van der Waals surface area contributed by atoms with Crippen LogP contribution in [0.1, 0.15) is 19.3 Å². The third-order valence-electron chi connectivity index (χ3n) is 2.62. The van der Waals surface area contributed by atoms with E-state index in [2.05, 4.69) is 0 Å². The standard InChI is InChI=1S/C8H18N2O2S.ClH/c1-13(11,12)10-6-3-8(2-5-9)4-7-10;/h8H,2-7,9H2,1H3;1H. The third-order valence-corrected chi connectivity index (χ3v) is 3.92. The number of hydrogen-bond acceptors (Lipinski definition) is 3. The lowest BCUT2D eigenvalue weighted by atomic mass is 9.95. The topological polar surface area (TPSA) is 63.4 Å².